The summed E-state index contributed by atoms with van der Waals surface area (Å²) >= 11 is 3.39. The highest BCUT2D eigenvalue weighted by molar-refractivity contribution is 9.10. The summed E-state index contributed by atoms with van der Waals surface area (Å²) in [6.45, 7) is 6.25. The van der Waals surface area contributed by atoms with Crippen LogP contribution in [-0.2, 0) is 4.79 Å². The van der Waals surface area contributed by atoms with E-state index in [-0.39, 0.29) is 12.5 Å². The third-order valence-corrected chi connectivity index (χ3v) is 4.60. The smallest absolute Gasteiger partial charge is 0.262 e. The Bertz CT molecular complexity index is 790. The van der Waals surface area contributed by atoms with Crippen LogP contribution in [0.3, 0.4) is 0 Å². The van der Waals surface area contributed by atoms with Crippen molar-refractivity contribution < 1.29 is 19.0 Å². The van der Waals surface area contributed by atoms with E-state index in [9.17, 15) is 4.79 Å². The van der Waals surface area contributed by atoms with Crippen molar-refractivity contribution in [3.05, 3.63) is 45.9 Å². The van der Waals surface area contributed by atoms with Gasteiger partial charge in [0.05, 0.1) is 24.4 Å². The number of carbonyl (C=O) groups is 1. The lowest BCUT2D eigenvalue weighted by Gasteiger charge is -2.14. The first-order valence-electron chi connectivity index (χ1n) is 8.30. The van der Waals surface area contributed by atoms with Gasteiger partial charge < -0.3 is 19.5 Å². The standard InChI is InChI=1S/C20H24BrNO4/c1-12(2)15-7-6-14(8-13(15)3)26-11-20(23)22-17-10-18(24-4)16(21)9-19(17)25-5/h6-10,12H,11H2,1-5H3,(H,22,23). The second kappa shape index (κ2) is 8.94. The van der Waals surface area contributed by atoms with E-state index in [4.69, 9.17) is 14.2 Å². The third kappa shape index (κ3) is 4.91. The van der Waals surface area contributed by atoms with Crippen LogP contribution < -0.4 is 19.5 Å². The second-order valence-corrected chi connectivity index (χ2v) is 7.05. The molecule has 0 aliphatic heterocycles. The van der Waals surface area contributed by atoms with E-state index < -0.39 is 0 Å². The Hall–Kier alpha value is -2.21. The molecule has 5 nitrogen and oxygen atoms in total. The van der Waals surface area contributed by atoms with Crippen LogP contribution in [0.1, 0.15) is 30.9 Å². The number of anilines is 1. The fourth-order valence-corrected chi connectivity index (χ4v) is 3.16. The Morgan fingerprint density at radius 1 is 1.12 bits per heavy atom. The summed E-state index contributed by atoms with van der Waals surface area (Å²) in [5.74, 6) is 1.97. The van der Waals surface area contributed by atoms with Crippen molar-refractivity contribution in [1.29, 1.82) is 0 Å². The minimum Gasteiger partial charge on any atom is -0.495 e. The first-order valence-corrected chi connectivity index (χ1v) is 9.09. The van der Waals surface area contributed by atoms with Crippen molar-refractivity contribution in [2.75, 3.05) is 26.1 Å². The Balaban J connectivity index is 2.04. The minimum absolute atomic E-state index is 0.0952. The number of hydrogen-bond donors (Lipinski definition) is 1. The highest BCUT2D eigenvalue weighted by atomic mass is 79.9. The fourth-order valence-electron chi connectivity index (χ4n) is 2.68. The van der Waals surface area contributed by atoms with E-state index in [2.05, 4.69) is 35.1 Å². The second-order valence-electron chi connectivity index (χ2n) is 6.20. The summed E-state index contributed by atoms with van der Waals surface area (Å²) in [5, 5.41) is 2.79. The van der Waals surface area contributed by atoms with Crippen LogP contribution in [0.5, 0.6) is 17.2 Å². The summed E-state index contributed by atoms with van der Waals surface area (Å²) in [5.41, 5.74) is 2.94. The molecule has 0 saturated heterocycles. The SMILES string of the molecule is COc1cc(NC(=O)COc2ccc(C(C)C)c(C)c2)c(OC)cc1Br. The number of rotatable bonds is 7. The van der Waals surface area contributed by atoms with Crippen LogP contribution in [0.2, 0.25) is 0 Å². The van der Waals surface area contributed by atoms with Crippen molar-refractivity contribution in [2.24, 2.45) is 0 Å². The van der Waals surface area contributed by atoms with E-state index in [1.54, 1.807) is 26.4 Å². The van der Waals surface area contributed by atoms with Crippen molar-refractivity contribution in [1.82, 2.24) is 0 Å². The molecule has 1 amide bonds. The van der Waals surface area contributed by atoms with Gasteiger partial charge in [0.2, 0.25) is 0 Å². The third-order valence-electron chi connectivity index (χ3n) is 3.98. The van der Waals surface area contributed by atoms with Crippen LogP contribution in [-0.4, -0.2) is 26.7 Å². The number of hydrogen-bond acceptors (Lipinski definition) is 4. The van der Waals surface area contributed by atoms with Gasteiger partial charge >= 0.3 is 0 Å². The number of halogens is 1. The summed E-state index contributed by atoms with van der Waals surface area (Å²) in [6.07, 6.45) is 0. The van der Waals surface area contributed by atoms with E-state index in [1.807, 2.05) is 25.1 Å². The quantitative estimate of drug-likeness (QED) is 0.689. The van der Waals surface area contributed by atoms with Gasteiger partial charge in [-0.1, -0.05) is 19.9 Å². The van der Waals surface area contributed by atoms with E-state index in [0.717, 1.165) is 10.0 Å². The highest BCUT2D eigenvalue weighted by Gasteiger charge is 2.13. The van der Waals surface area contributed by atoms with Crippen LogP contribution in [0.15, 0.2) is 34.8 Å². The van der Waals surface area contributed by atoms with Crippen molar-refractivity contribution in [2.45, 2.75) is 26.7 Å². The van der Waals surface area contributed by atoms with E-state index in [0.29, 0.717) is 28.9 Å². The number of nitrogens with one attached hydrogen (secondary N) is 1. The highest BCUT2D eigenvalue weighted by Crippen LogP contribution is 2.36. The van der Waals surface area contributed by atoms with Gasteiger partial charge in [-0.15, -0.1) is 0 Å². The van der Waals surface area contributed by atoms with Crippen molar-refractivity contribution in [3.63, 3.8) is 0 Å². The zero-order valence-electron chi connectivity index (χ0n) is 15.7. The van der Waals surface area contributed by atoms with Crippen molar-refractivity contribution >= 4 is 27.5 Å². The Kier molecular flexibility index (Phi) is 6.91. The van der Waals surface area contributed by atoms with Gasteiger partial charge in [-0.3, -0.25) is 4.79 Å². The summed E-state index contributed by atoms with van der Waals surface area (Å²) in [7, 11) is 3.10. The molecule has 0 saturated carbocycles. The topological polar surface area (TPSA) is 56.8 Å². The van der Waals surface area contributed by atoms with Gasteiger partial charge in [0, 0.05) is 12.1 Å². The molecular formula is C20H24BrNO4. The molecule has 2 aromatic carbocycles. The number of carbonyl (C=O) groups excluding carboxylic acids is 1. The van der Waals surface area contributed by atoms with Gasteiger partial charge in [-0.25, -0.2) is 0 Å². The first kappa shape index (κ1) is 20.1. The molecule has 0 fully saturated rings. The molecule has 140 valence electrons. The molecular weight excluding hydrogens is 398 g/mol. The van der Waals surface area contributed by atoms with Crippen LogP contribution in [0.25, 0.3) is 0 Å². The van der Waals surface area contributed by atoms with E-state index >= 15 is 0 Å². The monoisotopic (exact) mass is 421 g/mol. The number of benzene rings is 2. The normalized spacial score (nSPS) is 10.6. The van der Waals surface area contributed by atoms with E-state index in [1.165, 1.54) is 5.56 Å². The molecule has 0 atom stereocenters. The average molecular weight is 422 g/mol. The molecule has 0 aliphatic carbocycles. The molecule has 0 heterocycles. The molecule has 0 unspecified atom stereocenters. The first-order chi connectivity index (χ1) is 12.3. The molecule has 26 heavy (non-hydrogen) atoms. The van der Waals surface area contributed by atoms with Gasteiger partial charge in [-0.05, 0) is 52.0 Å². The van der Waals surface area contributed by atoms with Gasteiger partial charge in [0.25, 0.3) is 5.91 Å². The minimum atomic E-state index is -0.279. The molecule has 0 bridgehead atoms. The van der Waals surface area contributed by atoms with Gasteiger partial charge in [0.1, 0.15) is 17.2 Å². The van der Waals surface area contributed by atoms with Crippen LogP contribution in [0, 0.1) is 6.92 Å². The predicted octanol–water partition coefficient (Wildman–Crippen LogP) is 4.92. The van der Waals surface area contributed by atoms with Gasteiger partial charge in [-0.2, -0.15) is 0 Å². The molecule has 2 rings (SSSR count). The lowest BCUT2D eigenvalue weighted by molar-refractivity contribution is -0.118. The number of amides is 1. The molecule has 0 spiro atoms. The molecule has 0 radical (unpaired) electrons. The summed E-state index contributed by atoms with van der Waals surface area (Å²) < 4.78 is 16.9. The summed E-state index contributed by atoms with van der Waals surface area (Å²) in [6, 6.07) is 9.31. The maximum atomic E-state index is 12.3. The maximum absolute atomic E-state index is 12.3. The van der Waals surface area contributed by atoms with Crippen molar-refractivity contribution in [3.8, 4) is 17.2 Å². The van der Waals surface area contributed by atoms with Crippen LogP contribution in [0.4, 0.5) is 5.69 Å². The maximum Gasteiger partial charge on any atom is 0.262 e. The number of aryl methyl sites for hydroxylation is 1. The van der Waals surface area contributed by atoms with Gasteiger partial charge in [0.15, 0.2) is 6.61 Å². The lowest BCUT2D eigenvalue weighted by Crippen LogP contribution is -2.20. The number of methoxy groups -OCH3 is 2. The Morgan fingerprint density at radius 3 is 2.38 bits per heavy atom. The average Bonchev–Trinajstić information content (AvgIpc) is 2.60. The molecule has 6 heteroatoms. The molecule has 0 aromatic heterocycles. The summed E-state index contributed by atoms with van der Waals surface area (Å²) in [4.78, 5) is 12.3. The number of ether oxygens (including phenoxy) is 3. The van der Waals surface area contributed by atoms with Crippen LogP contribution >= 0.6 is 15.9 Å². The fraction of sp³-hybridized carbons (Fsp3) is 0.350. The zero-order valence-corrected chi connectivity index (χ0v) is 17.3. The molecule has 2 aromatic rings. The molecule has 1 N–H and O–H groups in total. The zero-order chi connectivity index (χ0) is 19.3. The largest absolute Gasteiger partial charge is 0.495 e. The Morgan fingerprint density at radius 2 is 1.81 bits per heavy atom. The Labute approximate surface area is 162 Å². The predicted molar refractivity (Wildman–Crippen MR) is 107 cm³/mol. The molecule has 0 aliphatic rings. The lowest BCUT2D eigenvalue weighted by atomic mass is 9.98.